The fraction of sp³-hybridized carbons (Fsp3) is 0.267. The normalized spacial score (nSPS) is 14.4. The van der Waals surface area contributed by atoms with Gasteiger partial charge in [0.1, 0.15) is 24.6 Å². The third-order valence-corrected chi connectivity index (χ3v) is 7.90. The van der Waals surface area contributed by atoms with Crippen molar-refractivity contribution < 1.29 is 27.0 Å². The summed E-state index contributed by atoms with van der Waals surface area (Å²) in [5, 5.41) is 5.20. The molecule has 0 unspecified atom stereocenters. The number of methoxy groups -OCH3 is 1. The lowest BCUT2D eigenvalue weighted by Gasteiger charge is -2.26. The van der Waals surface area contributed by atoms with Gasteiger partial charge in [-0.25, -0.2) is 22.8 Å². The van der Waals surface area contributed by atoms with E-state index in [9.17, 15) is 12.8 Å². The number of benzene rings is 3. The Bertz CT molecular complexity index is 1610. The van der Waals surface area contributed by atoms with Crippen LogP contribution < -0.4 is 14.8 Å². The zero-order valence-corrected chi connectivity index (χ0v) is 23.4. The van der Waals surface area contributed by atoms with Crippen LogP contribution in [0.15, 0.2) is 72.4 Å². The van der Waals surface area contributed by atoms with Crippen LogP contribution in [0.1, 0.15) is 11.1 Å². The molecule has 1 saturated heterocycles. The lowest BCUT2D eigenvalue weighted by atomic mass is 10.2. The lowest BCUT2D eigenvalue weighted by molar-refractivity contribution is 0.0321. The Hall–Kier alpha value is -4.06. The molecule has 1 N–H and O–H groups in total. The maximum absolute atomic E-state index is 13.1. The molecule has 9 nitrogen and oxygen atoms in total. The highest BCUT2D eigenvalue weighted by molar-refractivity contribution is 7.93. The predicted molar refractivity (Wildman–Crippen MR) is 157 cm³/mol. The number of morpholine rings is 1. The van der Waals surface area contributed by atoms with Gasteiger partial charge >= 0.3 is 0 Å². The first kappa shape index (κ1) is 28.5. The van der Waals surface area contributed by atoms with E-state index in [-0.39, 0.29) is 11.6 Å². The summed E-state index contributed by atoms with van der Waals surface area (Å²) in [5.41, 5.74) is 2.66. The first-order valence-electron chi connectivity index (χ1n) is 13.2. The van der Waals surface area contributed by atoms with Crippen molar-refractivity contribution >= 4 is 38.3 Å². The van der Waals surface area contributed by atoms with Gasteiger partial charge in [-0.1, -0.05) is 24.3 Å². The van der Waals surface area contributed by atoms with Crippen molar-refractivity contribution in [3.05, 3.63) is 89.3 Å². The Labute approximate surface area is 238 Å². The molecule has 0 atom stereocenters. The second-order valence-electron chi connectivity index (χ2n) is 9.53. The third-order valence-electron chi connectivity index (χ3n) is 6.61. The van der Waals surface area contributed by atoms with Gasteiger partial charge in [-0.3, -0.25) is 4.90 Å². The van der Waals surface area contributed by atoms with Gasteiger partial charge in [0.05, 0.1) is 31.6 Å². The number of nitrogens with one attached hydrogen (secondary N) is 1. The molecule has 11 heteroatoms. The molecule has 4 aromatic rings. The van der Waals surface area contributed by atoms with Gasteiger partial charge in [0.25, 0.3) is 0 Å². The van der Waals surface area contributed by atoms with Crippen molar-refractivity contribution in [2.24, 2.45) is 0 Å². The molecule has 5 rings (SSSR count). The van der Waals surface area contributed by atoms with E-state index in [1.165, 1.54) is 36.7 Å². The van der Waals surface area contributed by atoms with E-state index in [0.29, 0.717) is 40.6 Å². The molecular weight excluding hydrogens is 547 g/mol. The summed E-state index contributed by atoms with van der Waals surface area (Å²) in [6.45, 7) is 4.52. The number of hydrogen-bond donors (Lipinski definition) is 1. The molecule has 1 fully saturated rings. The van der Waals surface area contributed by atoms with Crippen molar-refractivity contribution in [1.82, 2.24) is 14.9 Å². The van der Waals surface area contributed by atoms with Gasteiger partial charge in [0.2, 0.25) is 0 Å². The number of ether oxygens (including phenoxy) is 3. The summed E-state index contributed by atoms with van der Waals surface area (Å²) >= 11 is 0. The zero-order valence-electron chi connectivity index (χ0n) is 22.6. The van der Waals surface area contributed by atoms with Crippen LogP contribution in [0, 0.1) is 5.82 Å². The summed E-state index contributed by atoms with van der Waals surface area (Å²) in [7, 11) is -1.93. The minimum absolute atomic E-state index is 0.160. The second-order valence-corrected chi connectivity index (χ2v) is 11.4. The Kier molecular flexibility index (Phi) is 9.07. The van der Waals surface area contributed by atoms with Crippen LogP contribution >= 0.6 is 0 Å². The fourth-order valence-electron chi connectivity index (χ4n) is 4.40. The Morgan fingerprint density at radius 2 is 1.78 bits per heavy atom. The van der Waals surface area contributed by atoms with E-state index in [1.54, 1.807) is 31.4 Å². The average molecular weight is 579 g/mol. The van der Waals surface area contributed by atoms with Crippen LogP contribution in [0.4, 0.5) is 15.9 Å². The van der Waals surface area contributed by atoms with Crippen LogP contribution in [-0.4, -0.2) is 69.9 Å². The van der Waals surface area contributed by atoms with Gasteiger partial charge < -0.3 is 19.5 Å². The van der Waals surface area contributed by atoms with Crippen LogP contribution in [-0.2, 0) is 20.3 Å². The van der Waals surface area contributed by atoms with E-state index in [4.69, 9.17) is 14.2 Å². The number of aromatic nitrogens is 2. The molecule has 3 aromatic carbocycles. The highest BCUT2D eigenvalue weighted by atomic mass is 32.2. The first-order valence-corrected chi connectivity index (χ1v) is 14.9. The van der Waals surface area contributed by atoms with E-state index in [1.807, 2.05) is 12.1 Å². The van der Waals surface area contributed by atoms with Gasteiger partial charge in [0.15, 0.2) is 21.3 Å². The molecule has 1 aliphatic heterocycles. The summed E-state index contributed by atoms with van der Waals surface area (Å²) in [6, 6.07) is 16.4. The third kappa shape index (κ3) is 7.78. The van der Waals surface area contributed by atoms with Gasteiger partial charge in [0, 0.05) is 42.2 Å². The summed E-state index contributed by atoms with van der Waals surface area (Å²) in [5.74, 6) is 1.23. The summed E-state index contributed by atoms with van der Waals surface area (Å²) < 4.78 is 55.3. The molecule has 1 aromatic heterocycles. The predicted octanol–water partition coefficient (Wildman–Crippen LogP) is 4.82. The van der Waals surface area contributed by atoms with E-state index in [2.05, 4.69) is 20.2 Å². The van der Waals surface area contributed by atoms with Crippen molar-refractivity contribution in [3.63, 3.8) is 0 Å². The van der Waals surface area contributed by atoms with E-state index >= 15 is 0 Å². The number of halogens is 1. The quantitative estimate of drug-likeness (QED) is 0.268. The minimum atomic E-state index is -3.52. The summed E-state index contributed by atoms with van der Waals surface area (Å²) in [4.78, 5) is 11.1. The molecule has 41 heavy (non-hydrogen) atoms. The molecule has 0 aliphatic carbocycles. The van der Waals surface area contributed by atoms with Crippen molar-refractivity contribution in [2.75, 3.05) is 51.9 Å². The number of sulfone groups is 1. The monoisotopic (exact) mass is 578 g/mol. The largest absolute Gasteiger partial charge is 0.493 e. The topological polar surface area (TPSA) is 103 Å². The number of fused-ring (bicyclic) bond motifs is 1. The van der Waals surface area contributed by atoms with E-state index in [0.717, 1.165) is 49.3 Å². The number of hydrogen-bond acceptors (Lipinski definition) is 9. The van der Waals surface area contributed by atoms with Crippen molar-refractivity contribution in [3.8, 4) is 11.5 Å². The average Bonchev–Trinajstić information content (AvgIpc) is 2.98. The lowest BCUT2D eigenvalue weighted by Crippen LogP contribution is -2.38. The van der Waals surface area contributed by atoms with Crippen LogP contribution in [0.2, 0.25) is 0 Å². The molecule has 2 heterocycles. The number of anilines is 2. The molecular formula is C30H31FN4O5S. The highest BCUT2D eigenvalue weighted by Crippen LogP contribution is 2.34. The molecule has 0 bridgehead atoms. The van der Waals surface area contributed by atoms with Gasteiger partial charge in [-0.2, -0.15) is 0 Å². The minimum Gasteiger partial charge on any atom is -0.493 e. The Morgan fingerprint density at radius 1 is 1.02 bits per heavy atom. The van der Waals surface area contributed by atoms with Crippen molar-refractivity contribution in [2.45, 2.75) is 5.75 Å². The van der Waals surface area contributed by atoms with Gasteiger partial charge in [-0.15, -0.1) is 0 Å². The highest BCUT2D eigenvalue weighted by Gasteiger charge is 2.14. The second kappa shape index (κ2) is 13.1. The van der Waals surface area contributed by atoms with Gasteiger partial charge in [-0.05, 0) is 47.5 Å². The SMILES string of the molecule is COc1cc2ncnc(Nc3ccc(CS(=O)(=O)/C=C/c4ccc(F)cc4)cc3)c2cc1OCCN1CCOCC1. The maximum Gasteiger partial charge on any atom is 0.175 e. The number of nitrogens with zero attached hydrogens (tertiary/aromatic N) is 3. The standard InChI is InChI=1S/C30H31FN4O5S/c1-38-28-19-27-26(18-29(28)40-16-13-35-11-14-39-15-12-35)30(33-21-32-27)34-25-8-4-23(5-9-25)20-41(36,37)17-10-22-2-6-24(31)7-3-22/h2-10,17-19,21H,11-16,20H2,1H3,(H,32,33,34)/b17-10+. The molecule has 1 aliphatic rings. The zero-order chi connectivity index (χ0) is 28.7. The fourth-order valence-corrected chi connectivity index (χ4v) is 5.52. The maximum atomic E-state index is 13.1. The molecule has 214 valence electrons. The molecule has 0 amide bonds. The van der Waals surface area contributed by atoms with Crippen LogP contribution in [0.5, 0.6) is 11.5 Å². The van der Waals surface area contributed by atoms with Crippen LogP contribution in [0.25, 0.3) is 17.0 Å². The van der Waals surface area contributed by atoms with Crippen LogP contribution in [0.3, 0.4) is 0 Å². The molecule has 0 radical (unpaired) electrons. The van der Waals surface area contributed by atoms with Crippen molar-refractivity contribution in [1.29, 1.82) is 0 Å². The summed E-state index contributed by atoms with van der Waals surface area (Å²) in [6.07, 6.45) is 2.93. The smallest absolute Gasteiger partial charge is 0.175 e. The Balaban J connectivity index is 1.27. The molecule has 0 saturated carbocycles. The molecule has 0 spiro atoms. The number of rotatable bonds is 11. The van der Waals surface area contributed by atoms with E-state index < -0.39 is 9.84 Å². The Morgan fingerprint density at radius 3 is 2.51 bits per heavy atom. The first-order chi connectivity index (χ1) is 19.9.